The van der Waals surface area contributed by atoms with E-state index >= 15 is 0 Å². The first-order valence-electron chi connectivity index (χ1n) is 6.10. The van der Waals surface area contributed by atoms with Crippen molar-refractivity contribution in [1.82, 2.24) is 10.5 Å². The number of rotatable bonds is 5. The van der Waals surface area contributed by atoms with Gasteiger partial charge < -0.3 is 19.3 Å². The molecule has 100 valence electrons. The van der Waals surface area contributed by atoms with Crippen LogP contribution in [0, 0.1) is 6.92 Å². The van der Waals surface area contributed by atoms with Crippen molar-refractivity contribution in [2.75, 3.05) is 19.8 Å². The number of carbonyl (C=O) groups excluding carboxylic acids is 1. The molecular weight excluding hydrogens is 236 g/mol. The van der Waals surface area contributed by atoms with Crippen LogP contribution in [0.4, 0.5) is 0 Å². The highest BCUT2D eigenvalue weighted by Gasteiger charge is 2.30. The number of amides is 1. The van der Waals surface area contributed by atoms with Crippen LogP contribution in [0.15, 0.2) is 10.6 Å². The Labute approximate surface area is 106 Å². The molecule has 2 heterocycles. The lowest BCUT2D eigenvalue weighted by Gasteiger charge is -2.18. The van der Waals surface area contributed by atoms with Crippen molar-refractivity contribution >= 4 is 5.91 Å². The van der Waals surface area contributed by atoms with Gasteiger partial charge in [0.15, 0.2) is 0 Å². The van der Waals surface area contributed by atoms with Crippen LogP contribution in [0.3, 0.4) is 0 Å². The summed E-state index contributed by atoms with van der Waals surface area (Å²) in [6, 6.07) is 1.67. The van der Waals surface area contributed by atoms with Crippen LogP contribution in [0.1, 0.15) is 18.4 Å². The quantitative estimate of drug-likeness (QED) is 0.825. The maximum absolute atomic E-state index is 11.8. The van der Waals surface area contributed by atoms with E-state index in [1.165, 1.54) is 0 Å². The van der Waals surface area contributed by atoms with Gasteiger partial charge in [0.25, 0.3) is 0 Å². The maximum atomic E-state index is 11.8. The molecule has 0 aliphatic carbocycles. The zero-order valence-electron chi connectivity index (χ0n) is 10.6. The number of aromatic nitrogens is 1. The number of nitrogens with one attached hydrogen (secondary N) is 1. The number of nitrogens with zero attached hydrogens (tertiary/aromatic N) is 1. The molecule has 2 rings (SSSR count). The van der Waals surface area contributed by atoms with Gasteiger partial charge in [0.1, 0.15) is 11.9 Å². The second-order valence-electron chi connectivity index (χ2n) is 4.32. The van der Waals surface area contributed by atoms with E-state index in [2.05, 4.69) is 10.5 Å². The molecule has 0 bridgehead atoms. The summed E-state index contributed by atoms with van der Waals surface area (Å²) in [5, 5.41) is 6.64. The summed E-state index contributed by atoms with van der Waals surface area (Å²) in [7, 11) is 0. The highest BCUT2D eigenvalue weighted by Crippen LogP contribution is 2.10. The van der Waals surface area contributed by atoms with Crippen LogP contribution < -0.4 is 5.32 Å². The van der Waals surface area contributed by atoms with Crippen molar-refractivity contribution in [3.8, 4) is 0 Å². The van der Waals surface area contributed by atoms with Crippen molar-refractivity contribution < 1.29 is 18.8 Å². The van der Waals surface area contributed by atoms with E-state index < -0.39 is 0 Å². The third-order valence-electron chi connectivity index (χ3n) is 2.77. The Morgan fingerprint density at radius 1 is 1.61 bits per heavy atom. The van der Waals surface area contributed by atoms with Gasteiger partial charge in [-0.25, -0.2) is 0 Å². The van der Waals surface area contributed by atoms with Crippen LogP contribution in [0.25, 0.3) is 0 Å². The summed E-state index contributed by atoms with van der Waals surface area (Å²) in [4.78, 5) is 11.8. The molecule has 1 aromatic heterocycles. The van der Waals surface area contributed by atoms with E-state index in [0.717, 1.165) is 5.69 Å². The molecule has 2 atom stereocenters. The lowest BCUT2D eigenvalue weighted by atomic mass is 10.2. The lowest BCUT2D eigenvalue weighted by molar-refractivity contribution is -0.122. The molecule has 18 heavy (non-hydrogen) atoms. The molecule has 1 fully saturated rings. The average Bonchev–Trinajstić information content (AvgIpc) is 2.90. The van der Waals surface area contributed by atoms with Gasteiger partial charge in [0.05, 0.1) is 31.4 Å². The first-order valence-corrected chi connectivity index (χ1v) is 6.10. The minimum absolute atomic E-state index is 0.0598. The third kappa shape index (κ3) is 3.30. The fourth-order valence-electron chi connectivity index (χ4n) is 1.96. The predicted molar refractivity (Wildman–Crippen MR) is 63.1 cm³/mol. The van der Waals surface area contributed by atoms with E-state index in [1.807, 2.05) is 13.8 Å². The highest BCUT2D eigenvalue weighted by molar-refractivity contribution is 5.78. The Hall–Kier alpha value is -1.40. The van der Waals surface area contributed by atoms with Gasteiger partial charge >= 0.3 is 0 Å². The monoisotopic (exact) mass is 254 g/mol. The van der Waals surface area contributed by atoms with E-state index in [9.17, 15) is 4.79 Å². The topological polar surface area (TPSA) is 73.6 Å². The van der Waals surface area contributed by atoms with Crippen molar-refractivity contribution in [1.29, 1.82) is 0 Å². The van der Waals surface area contributed by atoms with Gasteiger partial charge in [0.2, 0.25) is 5.91 Å². The zero-order chi connectivity index (χ0) is 13.0. The summed E-state index contributed by atoms with van der Waals surface area (Å²) in [5.74, 6) is 0.461. The molecule has 1 aliphatic rings. The fourth-order valence-corrected chi connectivity index (χ4v) is 1.96. The van der Waals surface area contributed by atoms with Crippen molar-refractivity contribution in [2.45, 2.75) is 32.4 Å². The molecule has 1 aromatic rings. The molecule has 0 saturated carbocycles. The SMILES string of the molecule is CCO[C@H]1COC[C@@H]1NC(=O)Cc1cc(C)no1. The summed E-state index contributed by atoms with van der Waals surface area (Å²) in [6.45, 7) is 5.38. The fraction of sp³-hybridized carbons (Fsp3) is 0.667. The molecule has 1 saturated heterocycles. The molecule has 1 aliphatic heterocycles. The zero-order valence-corrected chi connectivity index (χ0v) is 10.6. The van der Waals surface area contributed by atoms with Gasteiger partial charge in [-0.3, -0.25) is 4.79 Å². The van der Waals surface area contributed by atoms with Crippen molar-refractivity contribution in [2.24, 2.45) is 0 Å². The Bertz CT molecular complexity index is 405. The normalized spacial score (nSPS) is 23.2. The Balaban J connectivity index is 1.83. The van der Waals surface area contributed by atoms with Crippen LogP contribution in [0.5, 0.6) is 0 Å². The maximum Gasteiger partial charge on any atom is 0.228 e. The van der Waals surface area contributed by atoms with Crippen LogP contribution in [0.2, 0.25) is 0 Å². The Morgan fingerprint density at radius 3 is 3.11 bits per heavy atom. The van der Waals surface area contributed by atoms with Crippen molar-refractivity contribution in [3.05, 3.63) is 17.5 Å². The minimum Gasteiger partial charge on any atom is -0.376 e. The van der Waals surface area contributed by atoms with E-state index in [-0.39, 0.29) is 24.5 Å². The van der Waals surface area contributed by atoms with Crippen LogP contribution in [-0.4, -0.2) is 43.0 Å². The van der Waals surface area contributed by atoms with Crippen molar-refractivity contribution in [3.63, 3.8) is 0 Å². The summed E-state index contributed by atoms with van der Waals surface area (Å²) in [5.41, 5.74) is 0.772. The van der Waals surface area contributed by atoms with E-state index in [1.54, 1.807) is 6.07 Å². The lowest BCUT2D eigenvalue weighted by Crippen LogP contribution is -2.44. The molecule has 6 heteroatoms. The van der Waals surface area contributed by atoms with Crippen LogP contribution >= 0.6 is 0 Å². The minimum atomic E-state index is -0.105. The number of aryl methyl sites for hydroxylation is 1. The first kappa shape index (κ1) is 13.0. The molecular formula is C12H18N2O4. The standard InChI is InChI=1S/C12H18N2O4/c1-3-17-11-7-16-6-10(11)13-12(15)5-9-4-8(2)14-18-9/h4,10-11H,3,5-7H2,1-2H3,(H,13,15)/t10-,11-/m0/s1. The molecule has 0 aromatic carbocycles. The summed E-state index contributed by atoms with van der Waals surface area (Å²) >= 11 is 0. The average molecular weight is 254 g/mol. The molecule has 6 nitrogen and oxygen atoms in total. The molecule has 0 radical (unpaired) electrons. The smallest absolute Gasteiger partial charge is 0.228 e. The Morgan fingerprint density at radius 2 is 2.44 bits per heavy atom. The summed E-state index contributed by atoms with van der Waals surface area (Å²) in [6.07, 6.45) is 0.131. The largest absolute Gasteiger partial charge is 0.376 e. The third-order valence-corrected chi connectivity index (χ3v) is 2.77. The molecule has 0 spiro atoms. The number of hydrogen-bond donors (Lipinski definition) is 1. The first-order chi connectivity index (χ1) is 8.69. The highest BCUT2D eigenvalue weighted by atomic mass is 16.5. The number of hydrogen-bond acceptors (Lipinski definition) is 5. The Kier molecular flexibility index (Phi) is 4.33. The van der Waals surface area contributed by atoms with Gasteiger partial charge in [-0.2, -0.15) is 0 Å². The molecule has 1 N–H and O–H groups in total. The second kappa shape index (κ2) is 5.97. The van der Waals surface area contributed by atoms with Gasteiger partial charge in [-0.1, -0.05) is 5.16 Å². The molecule has 1 amide bonds. The van der Waals surface area contributed by atoms with E-state index in [4.69, 9.17) is 14.0 Å². The van der Waals surface area contributed by atoms with Gasteiger partial charge in [0, 0.05) is 12.7 Å². The van der Waals surface area contributed by atoms with Gasteiger partial charge in [-0.15, -0.1) is 0 Å². The van der Waals surface area contributed by atoms with E-state index in [0.29, 0.717) is 25.6 Å². The number of ether oxygens (including phenoxy) is 2. The number of carbonyl (C=O) groups is 1. The summed E-state index contributed by atoms with van der Waals surface area (Å²) < 4.78 is 15.8. The van der Waals surface area contributed by atoms with Crippen LogP contribution in [-0.2, 0) is 20.7 Å². The second-order valence-corrected chi connectivity index (χ2v) is 4.32. The molecule has 0 unspecified atom stereocenters. The van der Waals surface area contributed by atoms with Gasteiger partial charge in [-0.05, 0) is 13.8 Å². The predicted octanol–water partition coefficient (Wildman–Crippen LogP) is 0.446.